The van der Waals surface area contributed by atoms with Gasteiger partial charge in [0, 0.05) is 19.5 Å². The third-order valence-corrected chi connectivity index (χ3v) is 2.88. The largest absolute Gasteiger partial charge is 0.383 e. The molecule has 0 fully saturated rings. The summed E-state index contributed by atoms with van der Waals surface area (Å²) in [5.41, 5.74) is 0.719. The topological polar surface area (TPSA) is 65.7 Å². The van der Waals surface area contributed by atoms with E-state index in [1.54, 1.807) is 37.5 Å². The van der Waals surface area contributed by atoms with Gasteiger partial charge in [0.05, 0.1) is 19.3 Å². The normalized spacial score (nSPS) is 10.7. The van der Waals surface area contributed by atoms with Crippen LogP contribution in [-0.4, -0.2) is 44.7 Å². The first kappa shape index (κ1) is 12.0. The summed E-state index contributed by atoms with van der Waals surface area (Å²) in [6.07, 6.45) is 6.92. The lowest BCUT2D eigenvalue weighted by Gasteiger charge is -2.07. The molecule has 2 heterocycles. The zero-order chi connectivity index (χ0) is 12.1. The molecule has 0 aliphatic rings. The van der Waals surface area contributed by atoms with Gasteiger partial charge in [0.2, 0.25) is 0 Å². The van der Waals surface area contributed by atoms with Crippen LogP contribution in [0.25, 0.3) is 11.5 Å². The third kappa shape index (κ3) is 2.62. The number of methoxy groups -OCH3 is 1. The van der Waals surface area contributed by atoms with Crippen LogP contribution in [-0.2, 0) is 11.3 Å². The molecular weight excluding hydrogens is 238 g/mol. The van der Waals surface area contributed by atoms with Crippen LogP contribution in [0.1, 0.15) is 0 Å². The summed E-state index contributed by atoms with van der Waals surface area (Å²) >= 11 is 1.55. The summed E-state index contributed by atoms with van der Waals surface area (Å²) in [5.74, 6) is 0.722. The second kappa shape index (κ2) is 5.74. The van der Waals surface area contributed by atoms with Crippen LogP contribution < -0.4 is 0 Å². The van der Waals surface area contributed by atoms with E-state index in [2.05, 4.69) is 20.2 Å². The average Bonchev–Trinajstić information content (AvgIpc) is 2.80. The number of hydrogen-bond acceptors (Lipinski definition) is 6. The van der Waals surface area contributed by atoms with E-state index in [1.165, 1.54) is 0 Å². The fraction of sp³-hybridized carbons (Fsp3) is 0.400. The second-order valence-corrected chi connectivity index (χ2v) is 4.02. The smallest absolute Gasteiger partial charge is 0.191 e. The molecule has 0 saturated carbocycles. The van der Waals surface area contributed by atoms with E-state index in [-0.39, 0.29) is 0 Å². The third-order valence-electron chi connectivity index (χ3n) is 2.21. The van der Waals surface area contributed by atoms with E-state index in [0.717, 1.165) is 16.7 Å². The maximum atomic E-state index is 5.08. The Morgan fingerprint density at radius 2 is 2.24 bits per heavy atom. The van der Waals surface area contributed by atoms with Crippen LogP contribution in [0.3, 0.4) is 0 Å². The van der Waals surface area contributed by atoms with Gasteiger partial charge >= 0.3 is 0 Å². The number of hydrogen-bond donors (Lipinski definition) is 0. The van der Waals surface area contributed by atoms with Crippen molar-refractivity contribution in [3.8, 4) is 11.5 Å². The number of thioether (sulfide) groups is 1. The summed E-state index contributed by atoms with van der Waals surface area (Å²) in [4.78, 5) is 8.27. The predicted octanol–water partition coefficient (Wildman–Crippen LogP) is 1.10. The van der Waals surface area contributed by atoms with E-state index in [0.29, 0.717) is 13.2 Å². The molecule has 17 heavy (non-hydrogen) atoms. The molecule has 2 aromatic rings. The lowest BCUT2D eigenvalue weighted by atomic mass is 10.4. The first-order chi connectivity index (χ1) is 8.36. The molecule has 0 unspecified atom stereocenters. The van der Waals surface area contributed by atoms with Gasteiger partial charge in [0.15, 0.2) is 11.0 Å². The lowest BCUT2D eigenvalue weighted by molar-refractivity contribution is 0.185. The highest BCUT2D eigenvalue weighted by molar-refractivity contribution is 7.98. The monoisotopic (exact) mass is 251 g/mol. The summed E-state index contributed by atoms with van der Waals surface area (Å²) in [6.45, 7) is 1.31. The highest BCUT2D eigenvalue weighted by Gasteiger charge is 2.13. The Bertz CT molecular complexity index is 473. The predicted molar refractivity (Wildman–Crippen MR) is 64.7 cm³/mol. The van der Waals surface area contributed by atoms with Crippen LogP contribution >= 0.6 is 11.8 Å². The first-order valence-electron chi connectivity index (χ1n) is 5.09. The van der Waals surface area contributed by atoms with Gasteiger partial charge in [-0.15, -0.1) is 10.2 Å². The molecule has 6 nitrogen and oxygen atoms in total. The van der Waals surface area contributed by atoms with Crippen molar-refractivity contribution in [2.45, 2.75) is 11.7 Å². The van der Waals surface area contributed by atoms with E-state index in [4.69, 9.17) is 4.74 Å². The highest BCUT2D eigenvalue weighted by atomic mass is 32.2. The Balaban J connectivity index is 2.36. The van der Waals surface area contributed by atoms with Crippen molar-refractivity contribution < 1.29 is 4.74 Å². The molecule has 0 aliphatic carbocycles. The molecule has 90 valence electrons. The molecule has 0 radical (unpaired) electrons. The molecule has 2 rings (SSSR count). The van der Waals surface area contributed by atoms with Crippen molar-refractivity contribution in [1.82, 2.24) is 24.7 Å². The van der Waals surface area contributed by atoms with Gasteiger partial charge in [0.1, 0.15) is 5.69 Å². The van der Waals surface area contributed by atoms with Crippen molar-refractivity contribution >= 4 is 11.8 Å². The van der Waals surface area contributed by atoms with Crippen molar-refractivity contribution in [3.05, 3.63) is 18.6 Å². The minimum atomic E-state index is 0.610. The minimum Gasteiger partial charge on any atom is -0.383 e. The number of ether oxygens (including phenoxy) is 1. The standard InChI is InChI=1S/C10H13N5OS/c1-16-6-5-15-9(13-14-10(15)17-2)8-7-11-3-4-12-8/h3-4,7H,5-6H2,1-2H3. The van der Waals surface area contributed by atoms with Gasteiger partial charge in [-0.2, -0.15) is 0 Å². The Morgan fingerprint density at radius 1 is 1.35 bits per heavy atom. The van der Waals surface area contributed by atoms with Gasteiger partial charge in [-0.25, -0.2) is 4.98 Å². The second-order valence-electron chi connectivity index (χ2n) is 3.25. The van der Waals surface area contributed by atoms with Crippen molar-refractivity contribution in [1.29, 1.82) is 0 Å². The summed E-state index contributed by atoms with van der Waals surface area (Å²) < 4.78 is 7.07. The number of rotatable bonds is 5. The molecule has 0 spiro atoms. The van der Waals surface area contributed by atoms with Crippen molar-refractivity contribution in [2.75, 3.05) is 20.0 Å². The van der Waals surface area contributed by atoms with E-state index >= 15 is 0 Å². The zero-order valence-electron chi connectivity index (χ0n) is 9.70. The van der Waals surface area contributed by atoms with E-state index in [1.807, 2.05) is 10.8 Å². The SMILES string of the molecule is COCCn1c(SC)nnc1-c1cnccn1. The van der Waals surface area contributed by atoms with Crippen LogP contribution in [0.4, 0.5) is 0 Å². The van der Waals surface area contributed by atoms with Gasteiger partial charge in [0.25, 0.3) is 0 Å². The van der Waals surface area contributed by atoms with Crippen LogP contribution in [0, 0.1) is 0 Å². The maximum absolute atomic E-state index is 5.08. The van der Waals surface area contributed by atoms with Crippen molar-refractivity contribution in [2.24, 2.45) is 0 Å². The summed E-state index contributed by atoms with van der Waals surface area (Å²) in [5, 5.41) is 9.11. The Hall–Kier alpha value is -1.47. The lowest BCUT2D eigenvalue weighted by Crippen LogP contribution is -2.07. The quantitative estimate of drug-likeness (QED) is 0.741. The van der Waals surface area contributed by atoms with Gasteiger partial charge in [-0.3, -0.25) is 9.55 Å². The maximum Gasteiger partial charge on any atom is 0.191 e. The van der Waals surface area contributed by atoms with Gasteiger partial charge in [-0.1, -0.05) is 11.8 Å². The molecule has 7 heteroatoms. The minimum absolute atomic E-state index is 0.610. The van der Waals surface area contributed by atoms with Crippen LogP contribution in [0.2, 0.25) is 0 Å². The first-order valence-corrected chi connectivity index (χ1v) is 6.31. The van der Waals surface area contributed by atoms with Gasteiger partial charge in [-0.05, 0) is 6.26 Å². The molecule has 0 amide bonds. The van der Waals surface area contributed by atoms with Crippen molar-refractivity contribution in [3.63, 3.8) is 0 Å². The Labute approximate surface area is 103 Å². The highest BCUT2D eigenvalue weighted by Crippen LogP contribution is 2.20. The molecule has 0 bridgehead atoms. The fourth-order valence-electron chi connectivity index (χ4n) is 1.43. The summed E-state index contributed by atoms with van der Waals surface area (Å²) in [7, 11) is 1.67. The number of nitrogens with zero attached hydrogens (tertiary/aromatic N) is 5. The molecule has 0 aliphatic heterocycles. The van der Waals surface area contributed by atoms with Crippen LogP contribution in [0.15, 0.2) is 23.7 Å². The van der Waals surface area contributed by atoms with E-state index < -0.39 is 0 Å². The van der Waals surface area contributed by atoms with Gasteiger partial charge < -0.3 is 4.74 Å². The molecule has 0 aromatic carbocycles. The van der Waals surface area contributed by atoms with E-state index in [9.17, 15) is 0 Å². The molecular formula is C10H13N5OS. The Morgan fingerprint density at radius 3 is 2.88 bits per heavy atom. The number of aromatic nitrogens is 5. The Kier molecular flexibility index (Phi) is 4.05. The zero-order valence-corrected chi connectivity index (χ0v) is 10.5. The summed E-state index contributed by atoms with van der Waals surface area (Å²) in [6, 6.07) is 0. The fourth-order valence-corrected chi connectivity index (χ4v) is 1.95. The molecule has 2 aromatic heterocycles. The average molecular weight is 251 g/mol. The molecule has 0 saturated heterocycles. The van der Waals surface area contributed by atoms with Crippen LogP contribution in [0.5, 0.6) is 0 Å². The molecule has 0 atom stereocenters. The molecule has 0 N–H and O–H groups in total.